The van der Waals surface area contributed by atoms with Crippen molar-refractivity contribution < 1.29 is 13.3 Å². The number of nitrogens with zero attached hydrogens (tertiary/aromatic N) is 3. The standard InChI is InChI=1S/C45H27N3O3/c1-4-25-7-10-37-34(19-25)40-43(49-37)31(13-16-46-40)28-22-29(32-14-17-47-41-35-20-26(5-2)8-11-38(35)50-44(32)41)24-30(23-28)33-15-18-48-42-36-21-27(6-3)9-12-39(36)51-45(33)42/h4-24H,1-3H2. The molecular weight excluding hydrogens is 631 g/mol. The molecule has 0 amide bonds. The summed E-state index contributed by atoms with van der Waals surface area (Å²) in [7, 11) is 0. The number of hydrogen-bond donors (Lipinski definition) is 0. The highest BCUT2D eigenvalue weighted by atomic mass is 16.3. The molecule has 0 atom stereocenters. The van der Waals surface area contributed by atoms with Gasteiger partial charge in [-0.05, 0) is 106 Å². The van der Waals surface area contributed by atoms with Crippen molar-refractivity contribution in [2.24, 2.45) is 0 Å². The molecule has 0 saturated carbocycles. The van der Waals surface area contributed by atoms with E-state index in [1.165, 1.54) is 0 Å². The van der Waals surface area contributed by atoms with E-state index in [1.807, 2.05) is 91.4 Å². The van der Waals surface area contributed by atoms with Crippen molar-refractivity contribution in [1.29, 1.82) is 0 Å². The smallest absolute Gasteiger partial charge is 0.161 e. The van der Waals surface area contributed by atoms with Gasteiger partial charge in [0.2, 0.25) is 0 Å². The summed E-state index contributed by atoms with van der Waals surface area (Å²) in [5.41, 5.74) is 15.4. The summed E-state index contributed by atoms with van der Waals surface area (Å²) in [6.07, 6.45) is 11.0. The minimum atomic E-state index is 0.706. The molecule has 0 aliphatic heterocycles. The van der Waals surface area contributed by atoms with Crippen LogP contribution in [0.15, 0.2) is 143 Å². The predicted octanol–water partition coefficient (Wildman–Crippen LogP) is 12.5. The Morgan fingerprint density at radius 1 is 0.392 bits per heavy atom. The first-order valence-electron chi connectivity index (χ1n) is 16.6. The third-order valence-corrected chi connectivity index (χ3v) is 9.70. The van der Waals surface area contributed by atoms with E-state index in [0.29, 0.717) is 16.7 Å². The maximum Gasteiger partial charge on any atom is 0.161 e. The fourth-order valence-electron chi connectivity index (χ4n) is 7.18. The number of fused-ring (bicyclic) bond motifs is 9. The third-order valence-electron chi connectivity index (χ3n) is 9.70. The first-order valence-corrected chi connectivity index (χ1v) is 16.6. The van der Waals surface area contributed by atoms with Crippen LogP contribution >= 0.6 is 0 Å². The molecule has 6 heteroatoms. The van der Waals surface area contributed by atoms with Gasteiger partial charge in [-0.2, -0.15) is 0 Å². The molecule has 0 radical (unpaired) electrons. The Bertz CT molecular complexity index is 2760. The molecule has 10 rings (SSSR count). The quantitative estimate of drug-likeness (QED) is 0.177. The van der Waals surface area contributed by atoms with Gasteiger partial charge in [-0.1, -0.05) is 56.2 Å². The molecule has 0 aliphatic rings. The molecule has 0 aliphatic carbocycles. The van der Waals surface area contributed by atoms with Crippen molar-refractivity contribution in [1.82, 2.24) is 15.0 Å². The SMILES string of the molecule is C=Cc1ccc2oc3c(-c4cc(-c5ccnc6c5oc5ccc(C=C)cc56)cc(-c5ccnc6c5oc5ccc(C=C)cc56)c4)ccnc3c2c1. The van der Waals surface area contributed by atoms with Gasteiger partial charge in [-0.3, -0.25) is 15.0 Å². The van der Waals surface area contributed by atoms with E-state index in [0.717, 1.165) is 99.5 Å². The van der Waals surface area contributed by atoms with Crippen molar-refractivity contribution in [3.05, 3.63) is 146 Å². The lowest BCUT2D eigenvalue weighted by Crippen LogP contribution is -1.89. The Labute approximate surface area is 291 Å². The summed E-state index contributed by atoms with van der Waals surface area (Å²) in [4.78, 5) is 14.3. The lowest BCUT2D eigenvalue weighted by Gasteiger charge is -2.12. The van der Waals surface area contributed by atoms with Crippen LogP contribution in [-0.2, 0) is 0 Å². The highest BCUT2D eigenvalue weighted by Crippen LogP contribution is 2.43. The van der Waals surface area contributed by atoms with Crippen molar-refractivity contribution in [3.63, 3.8) is 0 Å². The predicted molar refractivity (Wildman–Crippen MR) is 208 cm³/mol. The van der Waals surface area contributed by atoms with Crippen LogP contribution in [0.1, 0.15) is 16.7 Å². The first-order chi connectivity index (χ1) is 25.1. The summed E-state index contributed by atoms with van der Waals surface area (Å²) in [5, 5.41) is 2.82. The summed E-state index contributed by atoms with van der Waals surface area (Å²) in [6.45, 7) is 11.8. The monoisotopic (exact) mass is 657 g/mol. The molecule has 0 unspecified atom stereocenters. The lowest BCUT2D eigenvalue weighted by molar-refractivity contribution is 0.669. The molecule has 0 fully saturated rings. The molecule has 0 spiro atoms. The van der Waals surface area contributed by atoms with Crippen LogP contribution in [0.5, 0.6) is 0 Å². The summed E-state index contributed by atoms with van der Waals surface area (Å²) < 4.78 is 19.6. The zero-order valence-corrected chi connectivity index (χ0v) is 27.3. The second-order valence-corrected chi connectivity index (χ2v) is 12.6. The van der Waals surface area contributed by atoms with Gasteiger partial charge in [0.15, 0.2) is 16.7 Å². The maximum absolute atomic E-state index is 6.52. The van der Waals surface area contributed by atoms with E-state index in [4.69, 9.17) is 28.2 Å². The van der Waals surface area contributed by atoms with Gasteiger partial charge in [-0.15, -0.1) is 0 Å². The molecular formula is C45H27N3O3. The molecule has 240 valence electrons. The second-order valence-electron chi connectivity index (χ2n) is 12.6. The second kappa shape index (κ2) is 11.0. The summed E-state index contributed by atoms with van der Waals surface area (Å²) >= 11 is 0. The Kier molecular flexibility index (Phi) is 6.23. The van der Waals surface area contributed by atoms with Gasteiger partial charge < -0.3 is 13.3 Å². The largest absolute Gasteiger partial charge is 0.454 e. The number of benzene rings is 4. The Balaban J connectivity index is 1.27. The van der Waals surface area contributed by atoms with Gasteiger partial charge in [0.05, 0.1) is 0 Å². The Hall–Kier alpha value is -7.05. The van der Waals surface area contributed by atoms with Crippen molar-refractivity contribution in [2.75, 3.05) is 0 Å². The van der Waals surface area contributed by atoms with Crippen LogP contribution in [0.3, 0.4) is 0 Å². The van der Waals surface area contributed by atoms with Gasteiger partial charge in [-0.25, -0.2) is 0 Å². The number of rotatable bonds is 6. The Morgan fingerprint density at radius 2 is 0.706 bits per heavy atom. The molecule has 0 saturated heterocycles. The van der Waals surface area contributed by atoms with Crippen molar-refractivity contribution in [3.8, 4) is 33.4 Å². The van der Waals surface area contributed by atoms with Crippen LogP contribution in [0.2, 0.25) is 0 Å². The van der Waals surface area contributed by atoms with Gasteiger partial charge in [0.1, 0.15) is 33.3 Å². The Morgan fingerprint density at radius 3 is 1.00 bits per heavy atom. The minimum Gasteiger partial charge on any atom is -0.454 e. The molecule has 6 heterocycles. The summed E-state index contributed by atoms with van der Waals surface area (Å²) in [6, 6.07) is 30.6. The van der Waals surface area contributed by atoms with Crippen LogP contribution in [0, 0.1) is 0 Å². The van der Waals surface area contributed by atoms with Crippen LogP contribution in [0.4, 0.5) is 0 Å². The van der Waals surface area contributed by atoms with E-state index in [2.05, 4.69) is 56.1 Å². The highest BCUT2D eigenvalue weighted by Gasteiger charge is 2.20. The molecule has 0 bridgehead atoms. The fraction of sp³-hybridized carbons (Fsp3) is 0. The highest BCUT2D eigenvalue weighted by molar-refractivity contribution is 6.11. The van der Waals surface area contributed by atoms with E-state index < -0.39 is 0 Å². The normalized spacial score (nSPS) is 11.8. The molecule has 51 heavy (non-hydrogen) atoms. The van der Waals surface area contributed by atoms with Gasteiger partial charge in [0, 0.05) is 51.4 Å². The molecule has 10 aromatic rings. The van der Waals surface area contributed by atoms with Crippen LogP contribution < -0.4 is 0 Å². The van der Waals surface area contributed by atoms with Crippen molar-refractivity contribution in [2.45, 2.75) is 0 Å². The van der Waals surface area contributed by atoms with Gasteiger partial charge in [0.25, 0.3) is 0 Å². The van der Waals surface area contributed by atoms with E-state index in [-0.39, 0.29) is 0 Å². The maximum atomic E-state index is 6.52. The van der Waals surface area contributed by atoms with E-state index in [1.54, 1.807) is 0 Å². The number of pyridine rings is 3. The summed E-state index contributed by atoms with van der Waals surface area (Å²) in [5.74, 6) is 0. The zero-order valence-electron chi connectivity index (χ0n) is 27.3. The minimum absolute atomic E-state index is 0.706. The fourth-order valence-corrected chi connectivity index (χ4v) is 7.18. The average molecular weight is 658 g/mol. The number of furan rings is 3. The topological polar surface area (TPSA) is 78.1 Å². The number of aromatic nitrogens is 3. The molecule has 6 aromatic heterocycles. The van der Waals surface area contributed by atoms with Crippen LogP contribution in [-0.4, -0.2) is 15.0 Å². The lowest BCUT2D eigenvalue weighted by atomic mass is 9.93. The molecule has 0 N–H and O–H groups in total. The third kappa shape index (κ3) is 4.40. The van der Waals surface area contributed by atoms with Crippen LogP contribution in [0.25, 0.3) is 118 Å². The number of hydrogen-bond acceptors (Lipinski definition) is 6. The van der Waals surface area contributed by atoms with E-state index in [9.17, 15) is 0 Å². The van der Waals surface area contributed by atoms with E-state index >= 15 is 0 Å². The zero-order chi connectivity index (χ0) is 34.2. The average Bonchev–Trinajstić information content (AvgIpc) is 3.87. The molecule has 6 nitrogen and oxygen atoms in total. The van der Waals surface area contributed by atoms with Gasteiger partial charge >= 0.3 is 0 Å². The molecule has 4 aromatic carbocycles. The first kappa shape index (κ1) is 28.9. The van der Waals surface area contributed by atoms with Crippen molar-refractivity contribution >= 4 is 84.4 Å².